The molecule has 2 aromatic carbocycles. The van der Waals surface area contributed by atoms with E-state index in [1.165, 1.54) is 11.6 Å². The molecule has 0 heterocycles. The minimum absolute atomic E-state index is 0.0995. The molecular weight excluding hydrogens is 288 g/mol. The molecule has 3 heteroatoms. The Morgan fingerprint density at radius 2 is 1.78 bits per heavy atom. The van der Waals surface area contributed by atoms with Gasteiger partial charge in [-0.25, -0.2) is 4.79 Å². The zero-order valence-corrected chi connectivity index (χ0v) is 13.0. The summed E-state index contributed by atoms with van der Waals surface area (Å²) in [7, 11) is 0. The van der Waals surface area contributed by atoms with Gasteiger partial charge in [0.05, 0.1) is 0 Å². The van der Waals surface area contributed by atoms with E-state index in [0.29, 0.717) is 16.9 Å². The van der Waals surface area contributed by atoms with Gasteiger partial charge in [-0.15, -0.1) is 0 Å². The van der Waals surface area contributed by atoms with Crippen molar-refractivity contribution < 1.29 is 14.3 Å². The summed E-state index contributed by atoms with van der Waals surface area (Å²) in [6, 6.07) is 14.5. The van der Waals surface area contributed by atoms with Gasteiger partial charge in [0.15, 0.2) is 5.78 Å². The summed E-state index contributed by atoms with van der Waals surface area (Å²) in [5.74, 6) is -0.243. The van der Waals surface area contributed by atoms with Crippen molar-refractivity contribution in [1.82, 2.24) is 0 Å². The molecular formula is C20H18O3. The molecule has 0 saturated carbocycles. The number of ether oxygens (including phenoxy) is 1. The van der Waals surface area contributed by atoms with E-state index in [1.807, 2.05) is 30.3 Å². The van der Waals surface area contributed by atoms with Gasteiger partial charge in [0.25, 0.3) is 0 Å². The Kier molecular flexibility index (Phi) is 5.64. The molecule has 2 aromatic rings. The minimum atomic E-state index is -0.535. The summed E-state index contributed by atoms with van der Waals surface area (Å²) in [4.78, 5) is 23.5. The molecule has 0 aromatic heterocycles. The molecule has 0 aliphatic rings. The van der Waals surface area contributed by atoms with Gasteiger partial charge >= 0.3 is 5.97 Å². The number of carbonyl (C=O) groups excluding carboxylic acids is 2. The molecule has 2 rings (SSSR count). The van der Waals surface area contributed by atoms with Crippen molar-refractivity contribution >= 4 is 17.8 Å². The lowest BCUT2D eigenvalue weighted by molar-refractivity contribution is -0.128. The first-order valence-electron chi connectivity index (χ1n) is 7.38. The fraction of sp³-hybridized carbons (Fsp3) is 0.100. The second-order valence-electron chi connectivity index (χ2n) is 4.91. The predicted molar refractivity (Wildman–Crippen MR) is 91.5 cm³/mol. The normalized spacial score (nSPS) is 10.5. The van der Waals surface area contributed by atoms with Crippen molar-refractivity contribution in [2.75, 3.05) is 0 Å². The van der Waals surface area contributed by atoms with Gasteiger partial charge in [0.2, 0.25) is 0 Å². The number of hydrogen-bond donors (Lipinski definition) is 0. The minimum Gasteiger partial charge on any atom is -0.423 e. The van der Waals surface area contributed by atoms with Gasteiger partial charge in [0.1, 0.15) is 5.75 Å². The summed E-state index contributed by atoms with van der Waals surface area (Å²) in [6.45, 7) is 5.44. The molecule has 0 unspecified atom stereocenters. The SMILES string of the molecule is C=CC(=O)Oc1ccccc1C=CC(=O)c1ccc(CC)cc1. The molecule has 0 radical (unpaired) electrons. The first-order valence-corrected chi connectivity index (χ1v) is 7.38. The van der Waals surface area contributed by atoms with Crippen LogP contribution >= 0.6 is 0 Å². The third kappa shape index (κ3) is 4.51. The lowest BCUT2D eigenvalue weighted by Crippen LogP contribution is -2.04. The quantitative estimate of drug-likeness (QED) is 0.347. The highest BCUT2D eigenvalue weighted by Gasteiger charge is 2.05. The number of allylic oxidation sites excluding steroid dienone is 1. The van der Waals surface area contributed by atoms with Crippen LogP contribution in [0.1, 0.15) is 28.4 Å². The maximum absolute atomic E-state index is 12.2. The van der Waals surface area contributed by atoms with E-state index in [1.54, 1.807) is 24.3 Å². The number of ketones is 1. The lowest BCUT2D eigenvalue weighted by Gasteiger charge is -2.05. The van der Waals surface area contributed by atoms with E-state index in [-0.39, 0.29) is 5.78 Å². The van der Waals surface area contributed by atoms with Crippen molar-refractivity contribution in [3.8, 4) is 5.75 Å². The summed E-state index contributed by atoms with van der Waals surface area (Å²) in [6.07, 6.45) is 5.15. The second-order valence-corrected chi connectivity index (χ2v) is 4.91. The van der Waals surface area contributed by atoms with Gasteiger partial charge in [0, 0.05) is 17.2 Å². The number of carbonyl (C=O) groups is 2. The van der Waals surface area contributed by atoms with E-state index < -0.39 is 5.97 Å². The van der Waals surface area contributed by atoms with Crippen molar-refractivity contribution in [3.63, 3.8) is 0 Å². The highest BCUT2D eigenvalue weighted by molar-refractivity contribution is 6.07. The summed E-state index contributed by atoms with van der Waals surface area (Å²) in [5.41, 5.74) is 2.47. The van der Waals surface area contributed by atoms with Gasteiger partial charge in [-0.1, -0.05) is 56.0 Å². The van der Waals surface area contributed by atoms with Gasteiger partial charge in [-0.3, -0.25) is 4.79 Å². The molecule has 0 N–H and O–H groups in total. The largest absolute Gasteiger partial charge is 0.423 e. The van der Waals surface area contributed by atoms with Crippen LogP contribution < -0.4 is 4.74 Å². The molecule has 0 aliphatic heterocycles. The maximum atomic E-state index is 12.2. The van der Waals surface area contributed by atoms with Crippen LogP contribution in [-0.4, -0.2) is 11.8 Å². The van der Waals surface area contributed by atoms with Crippen LogP contribution in [0.3, 0.4) is 0 Å². The van der Waals surface area contributed by atoms with E-state index >= 15 is 0 Å². The van der Waals surface area contributed by atoms with Crippen LogP contribution in [0.4, 0.5) is 0 Å². The Balaban J connectivity index is 2.17. The van der Waals surface area contributed by atoms with Crippen molar-refractivity contribution in [2.24, 2.45) is 0 Å². The molecule has 0 spiro atoms. The average Bonchev–Trinajstić information content (AvgIpc) is 2.60. The van der Waals surface area contributed by atoms with Crippen molar-refractivity contribution in [3.05, 3.63) is 84.0 Å². The first-order chi connectivity index (χ1) is 11.1. The Morgan fingerprint density at radius 1 is 1.09 bits per heavy atom. The van der Waals surface area contributed by atoms with Crippen LogP contribution in [0.25, 0.3) is 6.08 Å². The Morgan fingerprint density at radius 3 is 2.43 bits per heavy atom. The van der Waals surface area contributed by atoms with Crippen molar-refractivity contribution in [1.29, 1.82) is 0 Å². The predicted octanol–water partition coefficient (Wildman–Crippen LogP) is 4.24. The monoisotopic (exact) mass is 306 g/mol. The molecule has 0 aliphatic carbocycles. The average molecular weight is 306 g/mol. The zero-order valence-electron chi connectivity index (χ0n) is 13.0. The Bertz CT molecular complexity index is 740. The maximum Gasteiger partial charge on any atom is 0.335 e. The van der Waals surface area contributed by atoms with Crippen LogP contribution in [0, 0.1) is 0 Å². The van der Waals surface area contributed by atoms with Gasteiger partial charge < -0.3 is 4.74 Å². The van der Waals surface area contributed by atoms with E-state index in [0.717, 1.165) is 12.5 Å². The third-order valence-corrected chi connectivity index (χ3v) is 3.36. The van der Waals surface area contributed by atoms with E-state index in [9.17, 15) is 9.59 Å². The van der Waals surface area contributed by atoms with Crippen LogP contribution in [0.2, 0.25) is 0 Å². The van der Waals surface area contributed by atoms with Crippen LogP contribution in [-0.2, 0) is 11.2 Å². The molecule has 0 fully saturated rings. The number of benzene rings is 2. The molecule has 3 nitrogen and oxygen atoms in total. The smallest absolute Gasteiger partial charge is 0.335 e. The number of rotatable bonds is 6. The fourth-order valence-electron chi connectivity index (χ4n) is 2.03. The third-order valence-electron chi connectivity index (χ3n) is 3.36. The van der Waals surface area contributed by atoms with E-state index in [2.05, 4.69) is 13.5 Å². The van der Waals surface area contributed by atoms with E-state index in [4.69, 9.17) is 4.74 Å². The second kappa shape index (κ2) is 7.90. The van der Waals surface area contributed by atoms with Gasteiger partial charge in [-0.05, 0) is 30.2 Å². The number of aryl methyl sites for hydroxylation is 1. The number of para-hydroxylation sites is 1. The molecule has 0 saturated heterocycles. The zero-order chi connectivity index (χ0) is 16.7. The standard InChI is InChI=1S/C20H18O3/c1-3-15-9-11-16(12-10-15)18(21)14-13-17-7-5-6-8-19(17)23-20(22)4-2/h4-14H,2-3H2,1H3. The lowest BCUT2D eigenvalue weighted by atomic mass is 10.1. The number of hydrogen-bond acceptors (Lipinski definition) is 3. The summed E-state index contributed by atoms with van der Waals surface area (Å²) >= 11 is 0. The molecule has 23 heavy (non-hydrogen) atoms. The molecule has 0 atom stereocenters. The molecule has 0 bridgehead atoms. The molecule has 116 valence electrons. The first kappa shape index (κ1) is 16.4. The topological polar surface area (TPSA) is 43.4 Å². The van der Waals surface area contributed by atoms with Crippen LogP contribution in [0.15, 0.2) is 67.3 Å². The van der Waals surface area contributed by atoms with Crippen molar-refractivity contribution in [2.45, 2.75) is 13.3 Å². The van der Waals surface area contributed by atoms with Gasteiger partial charge in [-0.2, -0.15) is 0 Å². The fourth-order valence-corrected chi connectivity index (χ4v) is 2.03. The molecule has 0 amide bonds. The highest BCUT2D eigenvalue weighted by atomic mass is 16.5. The van der Waals surface area contributed by atoms with Crippen LogP contribution in [0.5, 0.6) is 5.75 Å². The summed E-state index contributed by atoms with van der Waals surface area (Å²) in [5, 5.41) is 0. The summed E-state index contributed by atoms with van der Waals surface area (Å²) < 4.78 is 5.14. The highest BCUT2D eigenvalue weighted by Crippen LogP contribution is 2.20. The number of esters is 1. The Hall–Kier alpha value is -2.94. The Labute approximate surface area is 135 Å².